The summed E-state index contributed by atoms with van der Waals surface area (Å²) >= 11 is 5.75. The number of aromatic nitrogens is 2. The van der Waals surface area contributed by atoms with Gasteiger partial charge in [-0.3, -0.25) is 4.98 Å². The molecule has 3 rings (SSSR count). The number of aliphatic hydroxyl groups is 1. The molecule has 92 valence electrons. The highest BCUT2D eigenvalue weighted by atomic mass is 35.5. The summed E-state index contributed by atoms with van der Waals surface area (Å²) in [5.74, 6) is 0.0594. The average Bonchev–Trinajstić information content (AvgIpc) is 2.82. The van der Waals surface area contributed by atoms with Crippen LogP contribution in [0.5, 0.6) is 0 Å². The first-order valence-electron chi connectivity index (χ1n) is 5.99. The SMILES string of the molecule is OC(c1ccc(Cl)nc1)C1CCc2cccnc21. The van der Waals surface area contributed by atoms with E-state index in [9.17, 15) is 5.11 Å². The highest BCUT2D eigenvalue weighted by molar-refractivity contribution is 6.29. The lowest BCUT2D eigenvalue weighted by Crippen LogP contribution is -2.09. The molecule has 2 unspecified atom stereocenters. The van der Waals surface area contributed by atoms with Gasteiger partial charge in [-0.15, -0.1) is 0 Å². The van der Waals surface area contributed by atoms with E-state index in [2.05, 4.69) is 16.0 Å². The molecule has 0 bridgehead atoms. The second-order valence-corrected chi connectivity index (χ2v) is 4.94. The van der Waals surface area contributed by atoms with Gasteiger partial charge in [-0.2, -0.15) is 0 Å². The number of rotatable bonds is 2. The zero-order valence-electron chi connectivity index (χ0n) is 9.75. The van der Waals surface area contributed by atoms with E-state index in [1.165, 1.54) is 5.56 Å². The molecule has 0 fully saturated rings. The Balaban J connectivity index is 1.90. The van der Waals surface area contributed by atoms with Crippen LogP contribution in [-0.2, 0) is 6.42 Å². The maximum absolute atomic E-state index is 10.4. The van der Waals surface area contributed by atoms with E-state index in [0.29, 0.717) is 5.15 Å². The van der Waals surface area contributed by atoms with Crippen molar-refractivity contribution in [3.8, 4) is 0 Å². The summed E-state index contributed by atoms with van der Waals surface area (Å²) in [5, 5.41) is 10.9. The van der Waals surface area contributed by atoms with E-state index in [4.69, 9.17) is 11.6 Å². The summed E-state index contributed by atoms with van der Waals surface area (Å²) in [6.45, 7) is 0. The lowest BCUT2D eigenvalue weighted by atomic mass is 9.94. The van der Waals surface area contributed by atoms with Crippen LogP contribution in [0.3, 0.4) is 0 Å². The molecule has 0 amide bonds. The van der Waals surface area contributed by atoms with E-state index in [1.807, 2.05) is 12.1 Å². The van der Waals surface area contributed by atoms with Crippen LogP contribution in [-0.4, -0.2) is 15.1 Å². The van der Waals surface area contributed by atoms with Gasteiger partial charge in [0.2, 0.25) is 0 Å². The van der Waals surface area contributed by atoms with Crippen LogP contribution in [0.15, 0.2) is 36.7 Å². The van der Waals surface area contributed by atoms with Gasteiger partial charge in [-0.1, -0.05) is 23.7 Å². The van der Waals surface area contributed by atoms with Gasteiger partial charge in [0.05, 0.1) is 6.10 Å². The number of halogens is 1. The lowest BCUT2D eigenvalue weighted by molar-refractivity contribution is 0.143. The Morgan fingerprint density at radius 2 is 2.17 bits per heavy atom. The summed E-state index contributed by atoms with van der Waals surface area (Å²) in [7, 11) is 0. The predicted octanol–water partition coefficient (Wildman–Crippen LogP) is 2.89. The molecule has 0 saturated heterocycles. The molecule has 3 nitrogen and oxygen atoms in total. The van der Waals surface area contributed by atoms with Crippen molar-refractivity contribution in [1.82, 2.24) is 9.97 Å². The first kappa shape index (κ1) is 11.6. The van der Waals surface area contributed by atoms with Crippen LogP contribution in [0.25, 0.3) is 0 Å². The van der Waals surface area contributed by atoms with Gasteiger partial charge in [-0.25, -0.2) is 4.98 Å². The summed E-state index contributed by atoms with van der Waals surface area (Å²) in [4.78, 5) is 8.41. The van der Waals surface area contributed by atoms with Gasteiger partial charge in [0.25, 0.3) is 0 Å². The molecule has 18 heavy (non-hydrogen) atoms. The summed E-state index contributed by atoms with van der Waals surface area (Å²) < 4.78 is 0. The highest BCUT2D eigenvalue weighted by Crippen LogP contribution is 2.40. The lowest BCUT2D eigenvalue weighted by Gasteiger charge is -2.18. The predicted molar refractivity (Wildman–Crippen MR) is 69.5 cm³/mol. The smallest absolute Gasteiger partial charge is 0.129 e. The van der Waals surface area contributed by atoms with E-state index >= 15 is 0 Å². The minimum absolute atomic E-state index is 0.0594. The largest absolute Gasteiger partial charge is 0.388 e. The van der Waals surface area contributed by atoms with Gasteiger partial charge in [0.1, 0.15) is 5.15 Å². The van der Waals surface area contributed by atoms with Crippen molar-refractivity contribution < 1.29 is 5.11 Å². The number of fused-ring (bicyclic) bond motifs is 1. The molecule has 2 heterocycles. The van der Waals surface area contributed by atoms with E-state index in [-0.39, 0.29) is 5.92 Å². The van der Waals surface area contributed by atoms with Gasteiger partial charge in [-0.05, 0) is 36.1 Å². The van der Waals surface area contributed by atoms with Gasteiger partial charge in [0, 0.05) is 24.0 Å². The molecule has 0 aromatic carbocycles. The molecule has 1 N–H and O–H groups in total. The molecule has 0 aliphatic heterocycles. The van der Waals surface area contributed by atoms with Crippen LogP contribution in [0.2, 0.25) is 5.15 Å². The quantitative estimate of drug-likeness (QED) is 0.845. The number of aryl methyl sites for hydroxylation is 1. The molecule has 1 aliphatic rings. The number of hydrogen-bond donors (Lipinski definition) is 1. The monoisotopic (exact) mass is 260 g/mol. The third-order valence-electron chi connectivity index (χ3n) is 3.47. The maximum atomic E-state index is 10.4. The summed E-state index contributed by atoms with van der Waals surface area (Å²) in [5.41, 5.74) is 3.05. The fourth-order valence-corrected chi connectivity index (χ4v) is 2.66. The number of nitrogens with zero attached hydrogens (tertiary/aromatic N) is 2. The normalized spacial score (nSPS) is 19.6. The van der Waals surface area contributed by atoms with Gasteiger partial charge < -0.3 is 5.11 Å². The Hall–Kier alpha value is -1.45. The Morgan fingerprint density at radius 3 is 2.94 bits per heavy atom. The van der Waals surface area contributed by atoms with Crippen LogP contribution >= 0.6 is 11.6 Å². The standard InChI is InChI=1S/C14H13ClN2O/c15-12-6-4-10(8-17-12)14(18)11-5-3-9-2-1-7-16-13(9)11/h1-2,4,6-8,11,14,18H,3,5H2. The minimum Gasteiger partial charge on any atom is -0.388 e. The average molecular weight is 261 g/mol. The molecule has 0 radical (unpaired) electrons. The van der Waals surface area contributed by atoms with Crippen LogP contribution < -0.4 is 0 Å². The van der Waals surface area contributed by atoms with Crippen LogP contribution in [0.4, 0.5) is 0 Å². The van der Waals surface area contributed by atoms with Crippen molar-refractivity contribution in [2.45, 2.75) is 24.9 Å². The third kappa shape index (κ3) is 2.00. The topological polar surface area (TPSA) is 46.0 Å². The molecule has 4 heteroatoms. The molecule has 0 spiro atoms. The van der Waals surface area contributed by atoms with Crippen molar-refractivity contribution >= 4 is 11.6 Å². The molecule has 2 atom stereocenters. The summed E-state index contributed by atoms with van der Waals surface area (Å²) in [6, 6.07) is 7.54. The van der Waals surface area contributed by atoms with E-state index in [0.717, 1.165) is 24.1 Å². The van der Waals surface area contributed by atoms with Crippen molar-refractivity contribution in [2.24, 2.45) is 0 Å². The Morgan fingerprint density at radius 1 is 1.28 bits per heavy atom. The second-order valence-electron chi connectivity index (χ2n) is 4.55. The molecule has 1 aliphatic carbocycles. The first-order valence-corrected chi connectivity index (χ1v) is 6.37. The van der Waals surface area contributed by atoms with Gasteiger partial charge in [0.15, 0.2) is 0 Å². The third-order valence-corrected chi connectivity index (χ3v) is 3.70. The maximum Gasteiger partial charge on any atom is 0.129 e. The zero-order chi connectivity index (χ0) is 12.5. The molecular formula is C14H13ClN2O. The van der Waals surface area contributed by atoms with Crippen molar-refractivity contribution in [2.75, 3.05) is 0 Å². The molecule has 2 aromatic rings. The number of hydrogen-bond acceptors (Lipinski definition) is 3. The zero-order valence-corrected chi connectivity index (χ0v) is 10.5. The summed E-state index contributed by atoms with van der Waals surface area (Å²) in [6.07, 6.45) is 4.76. The number of pyridine rings is 2. The van der Waals surface area contributed by atoms with Crippen LogP contribution in [0, 0.1) is 0 Å². The fourth-order valence-electron chi connectivity index (χ4n) is 2.55. The van der Waals surface area contributed by atoms with Crippen molar-refractivity contribution in [1.29, 1.82) is 0 Å². The second kappa shape index (κ2) is 4.67. The highest BCUT2D eigenvalue weighted by Gasteiger charge is 2.30. The van der Waals surface area contributed by atoms with Gasteiger partial charge >= 0.3 is 0 Å². The molecule has 0 saturated carbocycles. The van der Waals surface area contributed by atoms with Crippen molar-refractivity contribution in [3.05, 3.63) is 58.6 Å². The fraction of sp³-hybridized carbons (Fsp3) is 0.286. The van der Waals surface area contributed by atoms with Crippen LogP contribution in [0.1, 0.15) is 35.3 Å². The van der Waals surface area contributed by atoms with Crippen molar-refractivity contribution in [3.63, 3.8) is 0 Å². The Kier molecular flexibility index (Phi) is 3.02. The number of aliphatic hydroxyl groups excluding tert-OH is 1. The Labute approximate surface area is 110 Å². The molecular weight excluding hydrogens is 248 g/mol. The Bertz CT molecular complexity index is 556. The minimum atomic E-state index is -0.564. The van der Waals surface area contributed by atoms with E-state index < -0.39 is 6.10 Å². The molecule has 2 aromatic heterocycles. The van der Waals surface area contributed by atoms with E-state index in [1.54, 1.807) is 18.5 Å². The first-order chi connectivity index (χ1) is 8.75.